The summed E-state index contributed by atoms with van der Waals surface area (Å²) in [4.78, 5) is 26.5. The number of hydrogen-bond donors (Lipinski definition) is 1. The lowest BCUT2D eigenvalue weighted by atomic mass is 10.1. The van der Waals surface area contributed by atoms with Gasteiger partial charge in [0.15, 0.2) is 0 Å². The van der Waals surface area contributed by atoms with Crippen molar-refractivity contribution in [1.82, 2.24) is 20.4 Å². The normalized spacial score (nSPS) is 13.1. The van der Waals surface area contributed by atoms with Gasteiger partial charge in [0.1, 0.15) is 0 Å². The van der Waals surface area contributed by atoms with Crippen LogP contribution in [0.4, 0.5) is 0 Å². The SMILES string of the molecule is CNC(=O)c1ccc(CN(C(=O)CCc2nnc(-c3ccccc3)o2)C2CC2)cc1. The third kappa shape index (κ3) is 4.74. The van der Waals surface area contributed by atoms with Crippen molar-refractivity contribution in [3.63, 3.8) is 0 Å². The van der Waals surface area contributed by atoms with E-state index in [0.29, 0.717) is 42.8 Å². The minimum atomic E-state index is -0.119. The van der Waals surface area contributed by atoms with E-state index in [2.05, 4.69) is 15.5 Å². The zero-order valence-corrected chi connectivity index (χ0v) is 16.9. The fourth-order valence-electron chi connectivity index (χ4n) is 3.32. The minimum absolute atomic E-state index is 0.0762. The first-order valence-electron chi connectivity index (χ1n) is 10.1. The third-order valence-corrected chi connectivity index (χ3v) is 5.14. The minimum Gasteiger partial charge on any atom is -0.421 e. The molecule has 1 aromatic heterocycles. The number of amides is 2. The highest BCUT2D eigenvalue weighted by Crippen LogP contribution is 2.29. The molecule has 30 heavy (non-hydrogen) atoms. The summed E-state index contributed by atoms with van der Waals surface area (Å²) in [6.45, 7) is 0.538. The Morgan fingerprint density at radius 1 is 1.07 bits per heavy atom. The molecule has 0 aliphatic heterocycles. The number of carbonyl (C=O) groups excluding carboxylic acids is 2. The van der Waals surface area contributed by atoms with Crippen LogP contribution in [-0.2, 0) is 17.8 Å². The molecule has 7 nitrogen and oxygen atoms in total. The molecular formula is C23H24N4O3. The first kappa shape index (κ1) is 19.8. The van der Waals surface area contributed by atoms with Crippen LogP contribution in [0.2, 0.25) is 0 Å². The van der Waals surface area contributed by atoms with Crippen LogP contribution in [0.5, 0.6) is 0 Å². The summed E-state index contributed by atoms with van der Waals surface area (Å²) in [6, 6.07) is 17.2. The van der Waals surface area contributed by atoms with Crippen molar-refractivity contribution < 1.29 is 14.0 Å². The standard InChI is InChI=1S/C23H24N4O3/c1-24-22(29)17-9-7-16(8-10-17)15-27(19-11-12-19)21(28)14-13-20-25-26-23(30-20)18-5-3-2-4-6-18/h2-10,19H,11-15H2,1H3,(H,24,29). The predicted octanol–water partition coefficient (Wildman–Crippen LogP) is 3.22. The first-order valence-corrected chi connectivity index (χ1v) is 10.1. The average Bonchev–Trinajstić information content (AvgIpc) is 3.52. The van der Waals surface area contributed by atoms with Crippen molar-refractivity contribution in [3.8, 4) is 11.5 Å². The molecule has 0 radical (unpaired) electrons. The largest absolute Gasteiger partial charge is 0.421 e. The quantitative estimate of drug-likeness (QED) is 0.623. The number of nitrogens with one attached hydrogen (secondary N) is 1. The molecule has 3 aromatic rings. The number of benzene rings is 2. The van der Waals surface area contributed by atoms with Crippen LogP contribution >= 0.6 is 0 Å². The summed E-state index contributed by atoms with van der Waals surface area (Å²) in [6.07, 6.45) is 2.79. The summed E-state index contributed by atoms with van der Waals surface area (Å²) in [7, 11) is 1.61. The highest BCUT2D eigenvalue weighted by molar-refractivity contribution is 5.93. The number of carbonyl (C=O) groups is 2. The van der Waals surface area contributed by atoms with Crippen molar-refractivity contribution in [2.75, 3.05) is 7.05 Å². The van der Waals surface area contributed by atoms with Gasteiger partial charge in [0.2, 0.25) is 17.7 Å². The van der Waals surface area contributed by atoms with Crippen molar-refractivity contribution in [2.24, 2.45) is 0 Å². The Balaban J connectivity index is 1.36. The van der Waals surface area contributed by atoms with E-state index < -0.39 is 0 Å². The number of hydrogen-bond acceptors (Lipinski definition) is 5. The molecule has 1 N–H and O–H groups in total. The predicted molar refractivity (Wildman–Crippen MR) is 111 cm³/mol. The second-order valence-electron chi connectivity index (χ2n) is 7.40. The van der Waals surface area contributed by atoms with Crippen molar-refractivity contribution in [2.45, 2.75) is 38.3 Å². The van der Waals surface area contributed by atoms with Gasteiger partial charge in [-0.3, -0.25) is 9.59 Å². The van der Waals surface area contributed by atoms with E-state index in [-0.39, 0.29) is 11.8 Å². The maximum absolute atomic E-state index is 12.9. The van der Waals surface area contributed by atoms with E-state index in [0.717, 1.165) is 24.0 Å². The smallest absolute Gasteiger partial charge is 0.251 e. The highest BCUT2D eigenvalue weighted by atomic mass is 16.4. The number of aromatic nitrogens is 2. The Hall–Kier alpha value is -3.48. The Bertz CT molecular complexity index is 1010. The molecule has 4 rings (SSSR count). The number of aryl methyl sites for hydroxylation is 1. The molecular weight excluding hydrogens is 380 g/mol. The monoisotopic (exact) mass is 404 g/mol. The summed E-state index contributed by atoms with van der Waals surface area (Å²) >= 11 is 0. The van der Waals surface area contributed by atoms with Gasteiger partial charge in [0.25, 0.3) is 5.91 Å². The molecule has 154 valence electrons. The summed E-state index contributed by atoms with van der Waals surface area (Å²) in [5.74, 6) is 0.889. The molecule has 1 fully saturated rings. The lowest BCUT2D eigenvalue weighted by Gasteiger charge is -2.22. The zero-order valence-electron chi connectivity index (χ0n) is 16.9. The van der Waals surface area contributed by atoms with Gasteiger partial charge < -0.3 is 14.6 Å². The van der Waals surface area contributed by atoms with E-state index in [9.17, 15) is 9.59 Å². The second kappa shape index (κ2) is 8.90. The van der Waals surface area contributed by atoms with Gasteiger partial charge >= 0.3 is 0 Å². The Kier molecular flexibility index (Phi) is 5.88. The Morgan fingerprint density at radius 2 is 1.80 bits per heavy atom. The highest BCUT2D eigenvalue weighted by Gasteiger charge is 2.32. The average molecular weight is 404 g/mol. The van der Waals surface area contributed by atoms with Gasteiger partial charge in [0, 0.05) is 43.6 Å². The fourth-order valence-corrected chi connectivity index (χ4v) is 3.32. The number of nitrogens with zero attached hydrogens (tertiary/aromatic N) is 3. The van der Waals surface area contributed by atoms with E-state index >= 15 is 0 Å². The Labute approximate surface area is 175 Å². The molecule has 0 bridgehead atoms. The summed E-state index contributed by atoms with van der Waals surface area (Å²) in [5.41, 5.74) is 2.48. The lowest BCUT2D eigenvalue weighted by molar-refractivity contribution is -0.132. The van der Waals surface area contributed by atoms with Crippen LogP contribution < -0.4 is 5.32 Å². The number of rotatable bonds is 8. The summed E-state index contributed by atoms with van der Waals surface area (Å²) < 4.78 is 5.71. The third-order valence-electron chi connectivity index (χ3n) is 5.14. The van der Waals surface area contributed by atoms with Gasteiger partial charge in [-0.05, 0) is 42.7 Å². The molecule has 1 aliphatic rings. The molecule has 2 amide bonds. The van der Waals surface area contributed by atoms with Crippen molar-refractivity contribution in [1.29, 1.82) is 0 Å². The Morgan fingerprint density at radius 3 is 2.47 bits per heavy atom. The van der Waals surface area contributed by atoms with Crippen LogP contribution in [0, 0.1) is 0 Å². The van der Waals surface area contributed by atoms with E-state index in [1.54, 1.807) is 19.2 Å². The van der Waals surface area contributed by atoms with Gasteiger partial charge in [-0.1, -0.05) is 30.3 Å². The van der Waals surface area contributed by atoms with Gasteiger partial charge in [0.05, 0.1) is 0 Å². The molecule has 1 aliphatic carbocycles. The van der Waals surface area contributed by atoms with Crippen LogP contribution in [-0.4, -0.2) is 40.0 Å². The second-order valence-corrected chi connectivity index (χ2v) is 7.40. The van der Waals surface area contributed by atoms with Crippen LogP contribution in [0.15, 0.2) is 59.0 Å². The summed E-state index contributed by atoms with van der Waals surface area (Å²) in [5, 5.41) is 10.8. The molecule has 0 saturated heterocycles. The fraction of sp³-hybridized carbons (Fsp3) is 0.304. The van der Waals surface area contributed by atoms with Gasteiger partial charge in [-0.15, -0.1) is 10.2 Å². The van der Waals surface area contributed by atoms with Gasteiger partial charge in [-0.2, -0.15) is 0 Å². The van der Waals surface area contributed by atoms with Crippen LogP contribution in [0.1, 0.15) is 41.1 Å². The molecule has 0 spiro atoms. The topological polar surface area (TPSA) is 88.3 Å². The molecule has 1 heterocycles. The molecule has 1 saturated carbocycles. The lowest BCUT2D eigenvalue weighted by Crippen LogP contribution is -2.32. The molecule has 7 heteroatoms. The van der Waals surface area contributed by atoms with Gasteiger partial charge in [-0.25, -0.2) is 0 Å². The van der Waals surface area contributed by atoms with Crippen molar-refractivity contribution >= 4 is 11.8 Å². The maximum atomic E-state index is 12.9. The first-order chi connectivity index (χ1) is 14.6. The molecule has 0 atom stereocenters. The van der Waals surface area contributed by atoms with E-state index in [1.165, 1.54) is 0 Å². The van der Waals surface area contributed by atoms with Crippen molar-refractivity contribution in [3.05, 3.63) is 71.6 Å². The zero-order chi connectivity index (χ0) is 20.9. The maximum Gasteiger partial charge on any atom is 0.251 e. The molecule has 2 aromatic carbocycles. The van der Waals surface area contributed by atoms with E-state index in [1.807, 2.05) is 47.4 Å². The van der Waals surface area contributed by atoms with Crippen LogP contribution in [0.25, 0.3) is 11.5 Å². The van der Waals surface area contributed by atoms with Crippen LogP contribution in [0.3, 0.4) is 0 Å². The van der Waals surface area contributed by atoms with E-state index in [4.69, 9.17) is 4.42 Å². The molecule has 0 unspecified atom stereocenters.